The Labute approximate surface area is 110 Å². The van der Waals surface area contributed by atoms with Crippen LogP contribution < -0.4 is 5.73 Å². The summed E-state index contributed by atoms with van der Waals surface area (Å²) in [6.07, 6.45) is 2.55. The Balaban J connectivity index is 2.84. The van der Waals surface area contributed by atoms with Crippen molar-refractivity contribution in [1.82, 2.24) is 4.90 Å². The number of rotatable bonds is 7. The third-order valence-electron chi connectivity index (χ3n) is 2.47. The molecule has 0 aliphatic heterocycles. The van der Waals surface area contributed by atoms with Gasteiger partial charge in [-0.25, -0.2) is 4.79 Å². The zero-order valence-electron chi connectivity index (χ0n) is 10.6. The van der Waals surface area contributed by atoms with Crippen LogP contribution in [0.25, 0.3) is 0 Å². The Hall–Kier alpha value is -2.31. The molecule has 0 spiro atoms. The van der Waals surface area contributed by atoms with Crippen molar-refractivity contribution in [3.05, 3.63) is 23.7 Å². The standard InChI is InChI=1S/C12H16N2O5/c1-2-3-4-14(6-10(13)15)11(16)9-5-8(7-19-9)12(17)18/h5,7H,2-4,6H2,1H3,(H2,13,15)(H,17,18). The summed E-state index contributed by atoms with van der Waals surface area (Å²) in [7, 11) is 0. The minimum Gasteiger partial charge on any atom is -0.478 e. The molecule has 0 aromatic carbocycles. The van der Waals surface area contributed by atoms with Gasteiger partial charge in [0.15, 0.2) is 5.76 Å². The number of nitrogens with zero attached hydrogens (tertiary/aromatic N) is 1. The van der Waals surface area contributed by atoms with Crippen molar-refractivity contribution in [2.24, 2.45) is 5.73 Å². The van der Waals surface area contributed by atoms with Gasteiger partial charge < -0.3 is 20.2 Å². The number of unbranched alkanes of at least 4 members (excludes halogenated alkanes) is 1. The van der Waals surface area contributed by atoms with Gasteiger partial charge in [-0.15, -0.1) is 0 Å². The maximum Gasteiger partial charge on any atom is 0.338 e. The molecular formula is C12H16N2O5. The van der Waals surface area contributed by atoms with Crippen LogP contribution in [0.1, 0.15) is 40.7 Å². The number of carbonyl (C=O) groups is 3. The van der Waals surface area contributed by atoms with Gasteiger partial charge in [0.2, 0.25) is 5.91 Å². The lowest BCUT2D eigenvalue weighted by Gasteiger charge is -2.19. The Morgan fingerprint density at radius 1 is 1.42 bits per heavy atom. The predicted octanol–water partition coefficient (Wildman–Crippen LogP) is 0.705. The summed E-state index contributed by atoms with van der Waals surface area (Å²) in [6.45, 7) is 2.09. The zero-order chi connectivity index (χ0) is 14.4. The number of nitrogens with two attached hydrogens (primary N) is 1. The van der Waals surface area contributed by atoms with Crippen LogP contribution in [0.4, 0.5) is 0 Å². The highest BCUT2D eigenvalue weighted by atomic mass is 16.4. The van der Waals surface area contributed by atoms with Crippen LogP contribution in [0, 0.1) is 0 Å². The van der Waals surface area contributed by atoms with E-state index in [-0.39, 0.29) is 17.9 Å². The number of carboxylic acids is 1. The summed E-state index contributed by atoms with van der Waals surface area (Å²) >= 11 is 0. The SMILES string of the molecule is CCCCN(CC(N)=O)C(=O)c1cc(C(=O)O)co1. The molecule has 0 unspecified atom stereocenters. The highest BCUT2D eigenvalue weighted by Gasteiger charge is 2.21. The molecule has 0 fully saturated rings. The second-order valence-electron chi connectivity index (χ2n) is 4.05. The highest BCUT2D eigenvalue weighted by molar-refractivity contribution is 5.96. The van der Waals surface area contributed by atoms with E-state index >= 15 is 0 Å². The summed E-state index contributed by atoms with van der Waals surface area (Å²) in [5.74, 6) is -2.47. The molecular weight excluding hydrogens is 252 g/mol. The molecule has 7 heteroatoms. The van der Waals surface area contributed by atoms with E-state index in [1.54, 1.807) is 0 Å². The molecule has 1 aromatic heterocycles. The molecule has 0 aliphatic rings. The molecule has 1 rings (SSSR count). The van der Waals surface area contributed by atoms with Gasteiger partial charge in [-0.3, -0.25) is 9.59 Å². The first-order valence-electron chi connectivity index (χ1n) is 5.85. The normalized spacial score (nSPS) is 10.2. The number of hydrogen-bond acceptors (Lipinski definition) is 4. The average Bonchev–Trinajstić information content (AvgIpc) is 2.82. The van der Waals surface area contributed by atoms with Crippen LogP contribution in [-0.4, -0.2) is 40.9 Å². The van der Waals surface area contributed by atoms with E-state index < -0.39 is 17.8 Å². The van der Waals surface area contributed by atoms with Crippen molar-refractivity contribution in [2.45, 2.75) is 19.8 Å². The molecule has 0 aliphatic carbocycles. The second-order valence-corrected chi connectivity index (χ2v) is 4.05. The molecule has 0 saturated carbocycles. The quantitative estimate of drug-likeness (QED) is 0.755. The summed E-state index contributed by atoms with van der Waals surface area (Å²) < 4.78 is 4.91. The fourth-order valence-corrected chi connectivity index (χ4v) is 1.51. The topological polar surface area (TPSA) is 114 Å². The zero-order valence-corrected chi connectivity index (χ0v) is 10.6. The summed E-state index contributed by atoms with van der Waals surface area (Å²) in [4.78, 5) is 34.9. The summed E-state index contributed by atoms with van der Waals surface area (Å²) in [5, 5.41) is 8.75. The van der Waals surface area contributed by atoms with E-state index in [0.29, 0.717) is 13.0 Å². The molecule has 2 amide bonds. The van der Waals surface area contributed by atoms with E-state index in [4.69, 9.17) is 15.3 Å². The van der Waals surface area contributed by atoms with Crippen LogP contribution in [0.15, 0.2) is 16.7 Å². The Bertz CT molecular complexity index is 480. The number of primary amides is 1. The lowest BCUT2D eigenvalue weighted by molar-refractivity contribution is -0.118. The third kappa shape index (κ3) is 4.13. The first kappa shape index (κ1) is 14.7. The van der Waals surface area contributed by atoms with Crippen molar-refractivity contribution in [1.29, 1.82) is 0 Å². The molecule has 3 N–H and O–H groups in total. The minimum atomic E-state index is -1.18. The molecule has 0 atom stereocenters. The number of furan rings is 1. The lowest BCUT2D eigenvalue weighted by Crippen LogP contribution is -2.38. The molecule has 1 aromatic rings. The van der Waals surface area contributed by atoms with Crippen LogP contribution in [0.3, 0.4) is 0 Å². The van der Waals surface area contributed by atoms with E-state index in [2.05, 4.69) is 0 Å². The third-order valence-corrected chi connectivity index (χ3v) is 2.47. The smallest absolute Gasteiger partial charge is 0.338 e. The van der Waals surface area contributed by atoms with Gasteiger partial charge in [0.05, 0.1) is 12.1 Å². The number of carbonyl (C=O) groups excluding carboxylic acids is 2. The van der Waals surface area contributed by atoms with Gasteiger partial charge >= 0.3 is 5.97 Å². The van der Waals surface area contributed by atoms with Crippen LogP contribution in [-0.2, 0) is 4.79 Å². The average molecular weight is 268 g/mol. The van der Waals surface area contributed by atoms with Gasteiger partial charge in [0.1, 0.15) is 6.26 Å². The number of carboxylic acid groups (broad SMARTS) is 1. The van der Waals surface area contributed by atoms with E-state index in [0.717, 1.165) is 18.8 Å². The molecule has 7 nitrogen and oxygen atoms in total. The minimum absolute atomic E-state index is 0.113. The van der Waals surface area contributed by atoms with Gasteiger partial charge in [0, 0.05) is 12.6 Å². The number of hydrogen-bond donors (Lipinski definition) is 2. The maximum absolute atomic E-state index is 12.1. The fourth-order valence-electron chi connectivity index (χ4n) is 1.51. The first-order valence-corrected chi connectivity index (χ1v) is 5.85. The molecule has 0 radical (unpaired) electrons. The van der Waals surface area contributed by atoms with Gasteiger partial charge in [0.25, 0.3) is 5.91 Å². The molecule has 0 saturated heterocycles. The van der Waals surface area contributed by atoms with Crippen LogP contribution in [0.2, 0.25) is 0 Å². The summed E-state index contributed by atoms with van der Waals surface area (Å²) in [6, 6.07) is 1.13. The maximum atomic E-state index is 12.1. The van der Waals surface area contributed by atoms with Gasteiger partial charge in [-0.1, -0.05) is 13.3 Å². The predicted molar refractivity (Wildman–Crippen MR) is 65.7 cm³/mol. The molecule has 19 heavy (non-hydrogen) atoms. The molecule has 1 heterocycles. The van der Waals surface area contributed by atoms with E-state index in [9.17, 15) is 14.4 Å². The van der Waals surface area contributed by atoms with Crippen molar-refractivity contribution in [3.63, 3.8) is 0 Å². The lowest BCUT2D eigenvalue weighted by atomic mass is 10.2. The van der Waals surface area contributed by atoms with Gasteiger partial charge in [-0.2, -0.15) is 0 Å². The Morgan fingerprint density at radius 2 is 2.11 bits per heavy atom. The highest BCUT2D eigenvalue weighted by Crippen LogP contribution is 2.11. The second kappa shape index (κ2) is 6.58. The van der Waals surface area contributed by atoms with Crippen molar-refractivity contribution in [2.75, 3.05) is 13.1 Å². The van der Waals surface area contributed by atoms with E-state index in [1.165, 1.54) is 4.90 Å². The summed E-state index contributed by atoms with van der Waals surface area (Å²) in [5.41, 5.74) is 4.96. The van der Waals surface area contributed by atoms with E-state index in [1.807, 2.05) is 6.92 Å². The number of aromatic carboxylic acids is 1. The number of amides is 2. The van der Waals surface area contributed by atoms with Crippen LogP contribution in [0.5, 0.6) is 0 Å². The van der Waals surface area contributed by atoms with Crippen molar-refractivity contribution in [3.8, 4) is 0 Å². The Kier molecular flexibility index (Phi) is 5.11. The molecule has 104 valence electrons. The largest absolute Gasteiger partial charge is 0.478 e. The fraction of sp³-hybridized carbons (Fsp3) is 0.417. The van der Waals surface area contributed by atoms with Gasteiger partial charge in [-0.05, 0) is 6.42 Å². The molecule has 0 bridgehead atoms. The Morgan fingerprint density at radius 3 is 2.58 bits per heavy atom. The monoisotopic (exact) mass is 268 g/mol. The first-order chi connectivity index (χ1) is 8.95. The van der Waals surface area contributed by atoms with Crippen LogP contribution >= 0.6 is 0 Å². The van der Waals surface area contributed by atoms with Crippen molar-refractivity contribution < 1.29 is 23.9 Å². The van der Waals surface area contributed by atoms with Crippen molar-refractivity contribution >= 4 is 17.8 Å².